The first-order chi connectivity index (χ1) is 19.8. The highest BCUT2D eigenvalue weighted by atomic mass is 127. The topological polar surface area (TPSA) is 83.4 Å². The molecule has 1 aliphatic rings. The molecule has 1 unspecified atom stereocenters. The van der Waals surface area contributed by atoms with E-state index in [-0.39, 0.29) is 11.3 Å². The molecule has 1 N–H and O–H groups in total. The number of aliphatic hydroxyl groups is 1. The zero-order valence-electron chi connectivity index (χ0n) is 22.2. The molecule has 6 rings (SSSR count). The second-order valence-electron chi connectivity index (χ2n) is 9.82. The molecule has 1 fully saturated rings. The number of aromatic nitrogens is 2. The summed E-state index contributed by atoms with van der Waals surface area (Å²) in [4.78, 5) is 28.5. The molecule has 1 amide bonds. The second-order valence-corrected chi connectivity index (χ2v) is 13.2. The van der Waals surface area contributed by atoms with Gasteiger partial charge >= 0.3 is 5.91 Å². The molecule has 0 radical (unpaired) electrons. The first kappa shape index (κ1) is 27.6. The molecule has 5 aromatic rings. The van der Waals surface area contributed by atoms with Crippen molar-refractivity contribution in [2.24, 2.45) is 0 Å². The Kier molecular flexibility index (Phi) is 7.67. The van der Waals surface area contributed by atoms with Crippen LogP contribution < -0.4 is 4.90 Å². The minimum absolute atomic E-state index is 0.0464. The molecular formula is C32H24IN3O3S2. The van der Waals surface area contributed by atoms with Crippen LogP contribution in [0.4, 0.5) is 5.13 Å². The zero-order chi connectivity index (χ0) is 28.7. The van der Waals surface area contributed by atoms with Crippen LogP contribution in [0, 0.1) is 17.4 Å². The summed E-state index contributed by atoms with van der Waals surface area (Å²) in [6.45, 7) is 3.79. The number of hydrogen-bond donors (Lipinski definition) is 1. The molecule has 204 valence electrons. The summed E-state index contributed by atoms with van der Waals surface area (Å²) in [6, 6.07) is 26.9. The number of aliphatic hydroxyl groups excluding tert-OH is 1. The summed E-state index contributed by atoms with van der Waals surface area (Å²) in [7, 11) is 0. The number of thioether (sulfide) groups is 1. The summed E-state index contributed by atoms with van der Waals surface area (Å²) < 4.78 is 1.70. The van der Waals surface area contributed by atoms with Crippen molar-refractivity contribution >= 4 is 79.0 Å². The van der Waals surface area contributed by atoms with E-state index in [9.17, 15) is 14.7 Å². The third kappa shape index (κ3) is 5.29. The summed E-state index contributed by atoms with van der Waals surface area (Å²) >= 11 is 5.01. The molecule has 0 bridgehead atoms. The minimum Gasteiger partial charge on any atom is -0.507 e. The Bertz CT molecular complexity index is 1840. The minimum atomic E-state index is -0.837. The fourth-order valence-corrected chi connectivity index (χ4v) is 7.27. The number of carbonyl (C=O) groups is 2. The van der Waals surface area contributed by atoms with Crippen molar-refractivity contribution < 1.29 is 14.7 Å². The molecule has 9 heteroatoms. The monoisotopic (exact) mass is 689 g/mol. The second kappa shape index (κ2) is 11.4. The van der Waals surface area contributed by atoms with E-state index in [0.717, 1.165) is 14.7 Å². The number of amides is 1. The number of halogens is 1. The van der Waals surface area contributed by atoms with Gasteiger partial charge < -0.3 is 5.11 Å². The third-order valence-corrected chi connectivity index (χ3v) is 9.94. The van der Waals surface area contributed by atoms with E-state index < -0.39 is 17.7 Å². The molecule has 1 aromatic heterocycles. The Labute approximate surface area is 259 Å². The number of ketones is 1. The van der Waals surface area contributed by atoms with E-state index in [1.54, 1.807) is 0 Å². The number of anilines is 1. The van der Waals surface area contributed by atoms with Gasteiger partial charge in [0.15, 0.2) is 4.34 Å². The Morgan fingerprint density at radius 2 is 1.73 bits per heavy atom. The van der Waals surface area contributed by atoms with Gasteiger partial charge in [-0.2, -0.15) is 0 Å². The van der Waals surface area contributed by atoms with Gasteiger partial charge in [-0.1, -0.05) is 95.4 Å². The van der Waals surface area contributed by atoms with Crippen LogP contribution in [0.15, 0.2) is 94.8 Å². The fourth-order valence-electron chi connectivity index (χ4n) is 5.04. The van der Waals surface area contributed by atoms with E-state index in [1.165, 1.54) is 44.3 Å². The Balaban J connectivity index is 1.38. The van der Waals surface area contributed by atoms with Gasteiger partial charge in [0.25, 0.3) is 5.78 Å². The molecule has 41 heavy (non-hydrogen) atoms. The van der Waals surface area contributed by atoms with Crippen molar-refractivity contribution in [1.29, 1.82) is 0 Å². The van der Waals surface area contributed by atoms with E-state index in [0.29, 0.717) is 26.4 Å². The van der Waals surface area contributed by atoms with E-state index in [4.69, 9.17) is 0 Å². The lowest BCUT2D eigenvalue weighted by molar-refractivity contribution is -0.132. The molecule has 6 nitrogen and oxygen atoms in total. The van der Waals surface area contributed by atoms with Crippen LogP contribution in [0.3, 0.4) is 0 Å². The molecule has 0 spiro atoms. The number of Topliss-reactive ketones (excluding diaryl/α,β-unsaturated/α-hetero) is 1. The highest BCUT2D eigenvalue weighted by molar-refractivity contribution is 14.1. The lowest BCUT2D eigenvalue weighted by atomic mass is 9.93. The summed E-state index contributed by atoms with van der Waals surface area (Å²) in [5.41, 5.74) is 4.21. The van der Waals surface area contributed by atoms with Gasteiger partial charge in [-0.15, -0.1) is 10.2 Å². The maximum Gasteiger partial charge on any atom is 0.301 e. The zero-order valence-corrected chi connectivity index (χ0v) is 26.0. The average molecular weight is 690 g/mol. The highest BCUT2D eigenvalue weighted by Gasteiger charge is 2.48. The van der Waals surface area contributed by atoms with Crippen LogP contribution in [-0.4, -0.2) is 27.0 Å². The number of carbonyl (C=O) groups excluding carboxylic acids is 2. The maximum atomic E-state index is 13.6. The van der Waals surface area contributed by atoms with Gasteiger partial charge in [-0.25, -0.2) is 0 Å². The molecule has 0 saturated carbocycles. The first-order valence-electron chi connectivity index (χ1n) is 12.9. The molecule has 4 aromatic carbocycles. The number of benzene rings is 4. The predicted octanol–water partition coefficient (Wildman–Crippen LogP) is 7.83. The van der Waals surface area contributed by atoms with Gasteiger partial charge in [-0.3, -0.25) is 14.5 Å². The fraction of sp³-hybridized carbons (Fsp3) is 0.125. The van der Waals surface area contributed by atoms with Crippen LogP contribution in [0.2, 0.25) is 0 Å². The van der Waals surface area contributed by atoms with Crippen molar-refractivity contribution in [3.8, 4) is 0 Å². The molecule has 1 atom stereocenters. The molecular weight excluding hydrogens is 665 g/mol. The smallest absolute Gasteiger partial charge is 0.301 e. The first-order valence-corrected chi connectivity index (χ1v) is 15.8. The van der Waals surface area contributed by atoms with Crippen LogP contribution in [0.1, 0.15) is 33.9 Å². The van der Waals surface area contributed by atoms with Crippen LogP contribution in [-0.2, 0) is 15.3 Å². The van der Waals surface area contributed by atoms with Crippen molar-refractivity contribution in [1.82, 2.24) is 10.2 Å². The molecule has 0 aliphatic carbocycles. The summed E-state index contributed by atoms with van der Waals surface area (Å²) in [5.74, 6) is -0.984. The van der Waals surface area contributed by atoms with Crippen LogP contribution in [0.25, 0.3) is 16.5 Å². The molecule has 1 aliphatic heterocycles. The van der Waals surface area contributed by atoms with E-state index >= 15 is 0 Å². The average Bonchev–Trinajstić information content (AvgIpc) is 3.55. The SMILES string of the molecule is Cc1ccc(C)c(/C(O)=C2\C(=O)C(=O)N(c3nnc(SCc4cccc5ccccc45)s3)C2c2ccc(I)cc2)c1. The Morgan fingerprint density at radius 1 is 0.976 bits per heavy atom. The lowest BCUT2D eigenvalue weighted by Gasteiger charge is -2.22. The number of fused-ring (bicyclic) bond motifs is 1. The highest BCUT2D eigenvalue weighted by Crippen LogP contribution is 2.44. The Hall–Kier alpha value is -3.54. The Morgan fingerprint density at radius 3 is 2.54 bits per heavy atom. The normalized spacial score (nSPS) is 16.6. The third-order valence-electron chi connectivity index (χ3n) is 7.11. The maximum absolute atomic E-state index is 13.6. The van der Waals surface area contributed by atoms with Gasteiger partial charge in [0.1, 0.15) is 5.76 Å². The number of hydrogen-bond acceptors (Lipinski definition) is 7. The van der Waals surface area contributed by atoms with Crippen molar-refractivity contribution in [2.75, 3.05) is 4.90 Å². The summed E-state index contributed by atoms with van der Waals surface area (Å²) in [6.07, 6.45) is 0. The molecule has 2 heterocycles. The van der Waals surface area contributed by atoms with Crippen LogP contribution >= 0.6 is 45.7 Å². The molecule has 1 saturated heterocycles. The van der Waals surface area contributed by atoms with Gasteiger partial charge in [0.05, 0.1) is 11.6 Å². The van der Waals surface area contributed by atoms with Crippen molar-refractivity contribution in [3.63, 3.8) is 0 Å². The van der Waals surface area contributed by atoms with E-state index in [1.807, 2.05) is 74.5 Å². The van der Waals surface area contributed by atoms with Crippen molar-refractivity contribution in [2.45, 2.75) is 30.0 Å². The largest absolute Gasteiger partial charge is 0.507 e. The van der Waals surface area contributed by atoms with Gasteiger partial charge in [-0.05, 0) is 82.1 Å². The van der Waals surface area contributed by atoms with Gasteiger partial charge in [0, 0.05) is 14.9 Å². The number of aryl methyl sites for hydroxylation is 2. The number of nitrogens with zero attached hydrogens (tertiary/aromatic N) is 3. The van der Waals surface area contributed by atoms with Crippen LogP contribution in [0.5, 0.6) is 0 Å². The predicted molar refractivity (Wildman–Crippen MR) is 173 cm³/mol. The van der Waals surface area contributed by atoms with Gasteiger partial charge in [0.2, 0.25) is 5.13 Å². The lowest BCUT2D eigenvalue weighted by Crippen LogP contribution is -2.29. The van der Waals surface area contributed by atoms with E-state index in [2.05, 4.69) is 57.1 Å². The standard InChI is InChI=1S/C32H24IN3O3S2/c1-18-10-11-19(2)25(16-18)28(37)26-27(21-12-14-23(33)15-13-21)36(30(39)29(26)38)31-34-35-32(41-31)40-17-22-8-5-7-20-6-3-4-9-24(20)22/h3-16,27,37H,17H2,1-2H3/b28-26+. The quantitative estimate of drug-likeness (QED) is 0.0489. The summed E-state index contributed by atoms with van der Waals surface area (Å²) in [5, 5.41) is 22.9. The number of rotatable bonds is 6. The van der Waals surface area contributed by atoms with Crippen molar-refractivity contribution in [3.05, 3.63) is 122 Å².